The van der Waals surface area contributed by atoms with E-state index in [2.05, 4.69) is 33.0 Å². The predicted molar refractivity (Wildman–Crippen MR) is 128 cm³/mol. The van der Waals surface area contributed by atoms with Gasteiger partial charge in [0.25, 0.3) is 0 Å². The van der Waals surface area contributed by atoms with Gasteiger partial charge in [-0.2, -0.15) is 9.61 Å². The fourth-order valence-corrected chi connectivity index (χ4v) is 4.42. The molecule has 0 aliphatic carbocycles. The summed E-state index contributed by atoms with van der Waals surface area (Å²) in [5, 5.41) is 5.00. The molecule has 0 saturated carbocycles. The van der Waals surface area contributed by atoms with Gasteiger partial charge in [-0.1, -0.05) is 23.7 Å². The molecule has 1 aliphatic heterocycles. The first-order valence-electron chi connectivity index (χ1n) is 10.6. The van der Waals surface area contributed by atoms with Gasteiger partial charge in [-0.05, 0) is 48.5 Å². The first-order chi connectivity index (χ1) is 15.5. The molecule has 1 saturated heterocycles. The van der Waals surface area contributed by atoms with E-state index >= 15 is 4.39 Å². The molecule has 164 valence electrons. The minimum atomic E-state index is -0.295. The maximum atomic E-state index is 15.8. The molecular formula is C24H24ClFN6. The normalized spacial score (nSPS) is 14.8. The summed E-state index contributed by atoms with van der Waals surface area (Å²) in [6, 6.07) is 14.8. The van der Waals surface area contributed by atoms with E-state index in [4.69, 9.17) is 11.6 Å². The van der Waals surface area contributed by atoms with Crippen molar-refractivity contribution < 1.29 is 4.39 Å². The van der Waals surface area contributed by atoms with E-state index in [1.807, 2.05) is 48.3 Å². The van der Waals surface area contributed by atoms with Gasteiger partial charge in [-0.3, -0.25) is 0 Å². The Balaban J connectivity index is 1.66. The number of hydrogen-bond acceptors (Lipinski definition) is 5. The molecule has 8 heteroatoms. The van der Waals surface area contributed by atoms with Crippen LogP contribution in [0.5, 0.6) is 0 Å². The maximum absolute atomic E-state index is 15.8. The lowest BCUT2D eigenvalue weighted by molar-refractivity contribution is 0.313. The van der Waals surface area contributed by atoms with Crippen LogP contribution in [-0.2, 0) is 0 Å². The minimum absolute atomic E-state index is 0.295. The zero-order valence-corrected chi connectivity index (χ0v) is 18.8. The number of hydrogen-bond donors (Lipinski definition) is 0. The molecule has 2 aromatic carbocycles. The van der Waals surface area contributed by atoms with E-state index in [1.165, 1.54) is 0 Å². The quantitative estimate of drug-likeness (QED) is 0.450. The summed E-state index contributed by atoms with van der Waals surface area (Å²) in [6.45, 7) is 3.49. The van der Waals surface area contributed by atoms with E-state index in [1.54, 1.807) is 23.0 Å². The second kappa shape index (κ2) is 8.41. The summed E-state index contributed by atoms with van der Waals surface area (Å²) >= 11 is 6.21. The third-order valence-electron chi connectivity index (χ3n) is 5.99. The Morgan fingerprint density at radius 3 is 2.56 bits per heavy atom. The van der Waals surface area contributed by atoms with Crippen molar-refractivity contribution in [2.24, 2.45) is 0 Å². The van der Waals surface area contributed by atoms with E-state index in [0.29, 0.717) is 16.4 Å². The van der Waals surface area contributed by atoms with Gasteiger partial charge in [-0.25, -0.2) is 9.37 Å². The highest BCUT2D eigenvalue weighted by molar-refractivity contribution is 6.30. The number of piperazine rings is 1. The Morgan fingerprint density at radius 1 is 0.969 bits per heavy atom. The molecule has 0 N–H and O–H groups in total. The van der Waals surface area contributed by atoms with Gasteiger partial charge in [0.15, 0.2) is 5.65 Å². The van der Waals surface area contributed by atoms with Gasteiger partial charge < -0.3 is 14.7 Å². The summed E-state index contributed by atoms with van der Waals surface area (Å²) in [6.07, 6.45) is 3.41. The minimum Gasteiger partial charge on any atom is -0.367 e. The molecule has 32 heavy (non-hydrogen) atoms. The van der Waals surface area contributed by atoms with Crippen LogP contribution < -0.4 is 9.80 Å². The highest BCUT2D eigenvalue weighted by atomic mass is 35.5. The summed E-state index contributed by atoms with van der Waals surface area (Å²) in [7, 11) is 3.98. The highest BCUT2D eigenvalue weighted by Crippen LogP contribution is 2.40. The zero-order valence-electron chi connectivity index (χ0n) is 18.0. The second-order valence-corrected chi connectivity index (χ2v) is 8.53. The Hall–Kier alpha value is -3.16. The molecular weight excluding hydrogens is 427 g/mol. The van der Waals surface area contributed by atoms with Gasteiger partial charge >= 0.3 is 0 Å². The largest absolute Gasteiger partial charge is 0.367 e. The van der Waals surface area contributed by atoms with Crippen LogP contribution >= 0.6 is 11.6 Å². The number of benzene rings is 2. The van der Waals surface area contributed by atoms with Crippen molar-refractivity contribution in [2.45, 2.75) is 0 Å². The Kier molecular flexibility index (Phi) is 5.45. The van der Waals surface area contributed by atoms with Crippen molar-refractivity contribution in [3.05, 3.63) is 71.8 Å². The molecule has 4 aromatic rings. The summed E-state index contributed by atoms with van der Waals surface area (Å²) in [4.78, 5) is 10.7. The zero-order chi connectivity index (χ0) is 22.2. The number of halogens is 2. The number of aromatic nitrogens is 3. The molecule has 0 bridgehead atoms. The van der Waals surface area contributed by atoms with Crippen molar-refractivity contribution >= 4 is 34.4 Å². The number of nitrogens with zero attached hydrogens (tertiary/aromatic N) is 6. The Morgan fingerprint density at radius 2 is 1.78 bits per heavy atom. The first-order valence-corrected chi connectivity index (χ1v) is 10.9. The van der Waals surface area contributed by atoms with E-state index < -0.39 is 0 Å². The average molecular weight is 451 g/mol. The molecule has 0 spiro atoms. The van der Waals surface area contributed by atoms with Gasteiger partial charge in [-0.15, -0.1) is 0 Å². The lowest BCUT2D eigenvalue weighted by atomic mass is 10.0. The van der Waals surface area contributed by atoms with Crippen LogP contribution in [0.15, 0.2) is 60.9 Å². The first kappa shape index (κ1) is 20.7. The van der Waals surface area contributed by atoms with E-state index in [-0.39, 0.29) is 5.82 Å². The van der Waals surface area contributed by atoms with Crippen molar-refractivity contribution in [2.75, 3.05) is 50.1 Å². The molecule has 6 nitrogen and oxygen atoms in total. The van der Waals surface area contributed by atoms with Crippen molar-refractivity contribution in [1.29, 1.82) is 0 Å². The molecule has 0 unspecified atom stereocenters. The van der Waals surface area contributed by atoms with Gasteiger partial charge in [0, 0.05) is 50.5 Å². The van der Waals surface area contributed by atoms with Gasteiger partial charge in [0.2, 0.25) is 0 Å². The van der Waals surface area contributed by atoms with Crippen molar-refractivity contribution in [3.8, 4) is 11.1 Å². The van der Waals surface area contributed by atoms with Gasteiger partial charge in [0.1, 0.15) is 17.3 Å². The molecule has 1 fully saturated rings. The van der Waals surface area contributed by atoms with Gasteiger partial charge in [0.05, 0.1) is 11.9 Å². The van der Waals surface area contributed by atoms with Crippen LogP contribution in [0.1, 0.15) is 0 Å². The fraction of sp³-hybridized carbons (Fsp3) is 0.250. The highest BCUT2D eigenvalue weighted by Gasteiger charge is 2.24. The average Bonchev–Trinajstić information content (AvgIpc) is 3.28. The standard InChI is InChI=1S/C24H24ClFN6/c1-29-10-12-31(13-11-29)21-16-18(17-4-3-5-19(25)14-17)15-20(26)24(21)30(2)23-7-8-27-22-6-9-28-32(22)23/h3-9,14-16H,10-13H2,1-2H3. The molecule has 1 aliphatic rings. The summed E-state index contributed by atoms with van der Waals surface area (Å²) in [5.41, 5.74) is 3.77. The van der Waals surface area contributed by atoms with Crippen LogP contribution in [0, 0.1) is 5.82 Å². The second-order valence-electron chi connectivity index (χ2n) is 8.09. The summed E-state index contributed by atoms with van der Waals surface area (Å²) in [5.74, 6) is 0.445. The topological polar surface area (TPSA) is 39.9 Å². The molecule has 2 aromatic heterocycles. The number of anilines is 3. The molecule has 0 radical (unpaired) electrons. The van der Waals surface area contributed by atoms with Crippen LogP contribution in [-0.4, -0.2) is 59.8 Å². The third kappa shape index (κ3) is 3.78. The van der Waals surface area contributed by atoms with Crippen LogP contribution in [0.3, 0.4) is 0 Å². The lowest BCUT2D eigenvalue weighted by Crippen LogP contribution is -2.45. The third-order valence-corrected chi connectivity index (χ3v) is 6.23. The molecule has 5 rings (SSSR count). The Bertz CT molecular complexity index is 1260. The summed E-state index contributed by atoms with van der Waals surface area (Å²) < 4.78 is 17.6. The van der Waals surface area contributed by atoms with Crippen molar-refractivity contribution in [1.82, 2.24) is 19.5 Å². The van der Waals surface area contributed by atoms with Crippen LogP contribution in [0.4, 0.5) is 21.6 Å². The fourth-order valence-electron chi connectivity index (χ4n) is 4.23. The number of rotatable bonds is 4. The van der Waals surface area contributed by atoms with Crippen molar-refractivity contribution in [3.63, 3.8) is 0 Å². The van der Waals surface area contributed by atoms with E-state index in [0.717, 1.165) is 48.8 Å². The van der Waals surface area contributed by atoms with Crippen LogP contribution in [0.25, 0.3) is 16.8 Å². The number of fused-ring (bicyclic) bond motifs is 1. The molecule has 0 atom stereocenters. The smallest absolute Gasteiger partial charge is 0.157 e. The van der Waals surface area contributed by atoms with Crippen LogP contribution in [0.2, 0.25) is 5.02 Å². The predicted octanol–water partition coefficient (Wildman–Crippen LogP) is 4.71. The lowest BCUT2D eigenvalue weighted by Gasteiger charge is -2.37. The Labute approximate surface area is 191 Å². The monoisotopic (exact) mass is 450 g/mol. The SMILES string of the molecule is CN1CCN(c2cc(-c3cccc(Cl)c3)cc(F)c2N(C)c2ccnc3ccnn23)CC1. The van der Waals surface area contributed by atoms with E-state index in [9.17, 15) is 0 Å². The maximum Gasteiger partial charge on any atom is 0.157 e. The molecule has 0 amide bonds. The molecule has 3 heterocycles. The number of likely N-dealkylation sites (N-methyl/N-ethyl adjacent to an activating group) is 1.